The number of anilines is 6. The van der Waals surface area contributed by atoms with Crippen molar-refractivity contribution in [2.24, 2.45) is 5.92 Å². The Bertz CT molecular complexity index is 2630. The number of piperazine rings is 1. The SMILES string of the molecule is CCc1cc(Nc2ncc(Br)c(Nc3ccc4nccnc4c3P(C)(C)=O)n2)c(OC)cc1N1CCC(N2CCN(C[C@H]3C[C@H](N(C)c4ccc(C5CCC(=O)NC5=O)cc4)C3)CC2)CC1. The first kappa shape index (κ1) is 46.0. The minimum Gasteiger partial charge on any atom is -0.494 e. The lowest BCUT2D eigenvalue weighted by Gasteiger charge is -2.47. The molecule has 2 amide bonds. The fourth-order valence-electron chi connectivity index (χ4n) is 10.4. The molecular formula is C49H61BrN11O4P. The Morgan fingerprint density at radius 1 is 0.909 bits per heavy atom. The van der Waals surface area contributed by atoms with Crippen molar-refractivity contribution >= 4 is 85.7 Å². The van der Waals surface area contributed by atoms with Crippen LogP contribution in [0.1, 0.15) is 62.5 Å². The van der Waals surface area contributed by atoms with Gasteiger partial charge in [0.25, 0.3) is 0 Å². The third-order valence-corrected chi connectivity index (χ3v) is 16.2. The van der Waals surface area contributed by atoms with Crippen molar-refractivity contribution in [3.05, 3.63) is 82.7 Å². The second-order valence-corrected chi connectivity index (χ2v) is 22.7. The van der Waals surface area contributed by atoms with E-state index in [1.165, 1.54) is 36.3 Å². The van der Waals surface area contributed by atoms with Gasteiger partial charge in [-0.2, -0.15) is 4.98 Å². The normalized spacial score (nSPS) is 21.1. The molecule has 0 bridgehead atoms. The number of ether oxygens (including phenoxy) is 1. The number of hydrogen-bond acceptors (Lipinski definition) is 14. The zero-order valence-corrected chi connectivity index (χ0v) is 41.1. The number of methoxy groups -OCH3 is 1. The van der Waals surface area contributed by atoms with Gasteiger partial charge in [0.15, 0.2) is 0 Å². The van der Waals surface area contributed by atoms with Gasteiger partial charge >= 0.3 is 0 Å². The molecular weight excluding hydrogens is 917 g/mol. The molecule has 0 spiro atoms. The van der Waals surface area contributed by atoms with Crippen LogP contribution in [0.2, 0.25) is 0 Å². The third-order valence-electron chi connectivity index (χ3n) is 14.1. The number of benzene rings is 3. The number of nitrogens with zero attached hydrogens (tertiary/aromatic N) is 8. The summed E-state index contributed by atoms with van der Waals surface area (Å²) in [7, 11) is 1.12. The third kappa shape index (κ3) is 9.93. The first-order valence-corrected chi connectivity index (χ1v) is 26.7. The number of halogens is 1. The first-order valence-electron chi connectivity index (χ1n) is 23.3. The number of hydrogen-bond donors (Lipinski definition) is 3. The van der Waals surface area contributed by atoms with E-state index in [1.807, 2.05) is 12.1 Å². The summed E-state index contributed by atoms with van der Waals surface area (Å²) in [6.07, 6.45) is 11.5. The van der Waals surface area contributed by atoms with E-state index in [2.05, 4.69) is 117 Å². The zero-order chi connectivity index (χ0) is 46.1. The highest BCUT2D eigenvalue weighted by molar-refractivity contribution is 9.10. The van der Waals surface area contributed by atoms with Gasteiger partial charge < -0.3 is 34.6 Å². The summed E-state index contributed by atoms with van der Waals surface area (Å²) >= 11 is 3.61. The van der Waals surface area contributed by atoms with Crippen LogP contribution in [0.5, 0.6) is 5.75 Å². The highest BCUT2D eigenvalue weighted by atomic mass is 79.9. The molecule has 3 aromatic carbocycles. The molecule has 1 atom stereocenters. The predicted molar refractivity (Wildman–Crippen MR) is 267 cm³/mol. The van der Waals surface area contributed by atoms with Crippen LogP contribution in [0, 0.1) is 5.92 Å². The number of aromatic nitrogens is 4. The minimum absolute atomic E-state index is 0.175. The highest BCUT2D eigenvalue weighted by Gasteiger charge is 2.36. The molecule has 15 nitrogen and oxygen atoms in total. The van der Waals surface area contributed by atoms with Gasteiger partial charge in [-0.25, -0.2) is 4.98 Å². The number of nitrogens with one attached hydrogen (secondary N) is 3. The standard InChI is InChI=1S/C49H61BrN11O4P/c1-6-32-27-41(55-49-53-29-38(50)47(57-49)54-40-13-12-39-45(52-18-17-51-39)46(40)66(4,5)64)43(65-3)28-42(32)61-19-15-35(16-20-61)60-23-21-59(22-24-60)30-31-25-36(26-31)58(2)34-9-7-33(8-10-34)37-11-14-44(62)56-48(37)63/h7-10,12-13,17-18,27-29,31,35-37H,6,11,14-16,19-26,30H2,1-5H3,(H,56,62,63)(H2,53,54,55,57)/t31-,36-,37?. The van der Waals surface area contributed by atoms with Crippen molar-refractivity contribution < 1.29 is 18.9 Å². The van der Waals surface area contributed by atoms with E-state index in [0.717, 1.165) is 81.4 Å². The summed E-state index contributed by atoms with van der Waals surface area (Å²) in [4.78, 5) is 52.6. The molecule has 5 heterocycles. The molecule has 3 saturated heterocycles. The van der Waals surface area contributed by atoms with Crippen LogP contribution in [0.15, 0.2) is 71.6 Å². The van der Waals surface area contributed by atoms with Crippen molar-refractivity contribution in [1.29, 1.82) is 0 Å². The summed E-state index contributed by atoms with van der Waals surface area (Å²) in [6.45, 7) is 13.3. The fourth-order valence-corrected chi connectivity index (χ4v) is 12.1. The topological polar surface area (TPSA) is 161 Å². The van der Waals surface area contributed by atoms with Crippen LogP contribution in [0.3, 0.4) is 0 Å². The number of imide groups is 1. The van der Waals surface area contributed by atoms with Crippen LogP contribution < -0.4 is 35.8 Å². The zero-order valence-electron chi connectivity index (χ0n) is 38.6. The van der Waals surface area contributed by atoms with E-state index >= 15 is 0 Å². The van der Waals surface area contributed by atoms with E-state index in [0.29, 0.717) is 63.2 Å². The van der Waals surface area contributed by atoms with Gasteiger partial charge in [0, 0.05) is 107 Å². The number of carbonyl (C=O) groups is 2. The van der Waals surface area contributed by atoms with Gasteiger partial charge in [-0.05, 0) is 115 Å². The molecule has 1 saturated carbocycles. The minimum atomic E-state index is -2.77. The molecule has 4 aliphatic rings. The Morgan fingerprint density at radius 3 is 2.35 bits per heavy atom. The smallest absolute Gasteiger partial charge is 0.234 e. The molecule has 5 aromatic rings. The number of amides is 2. The number of fused-ring (bicyclic) bond motifs is 1. The van der Waals surface area contributed by atoms with E-state index in [4.69, 9.17) is 9.72 Å². The Balaban J connectivity index is 0.760. The lowest BCUT2D eigenvalue weighted by molar-refractivity contribution is -0.134. The van der Waals surface area contributed by atoms with E-state index in [1.54, 1.807) is 39.0 Å². The van der Waals surface area contributed by atoms with Gasteiger partial charge in [0.05, 0.1) is 39.7 Å². The largest absolute Gasteiger partial charge is 0.494 e. The molecule has 3 aliphatic heterocycles. The maximum atomic E-state index is 13.5. The van der Waals surface area contributed by atoms with Gasteiger partial charge in [0.1, 0.15) is 24.2 Å². The fraction of sp³-hybridized carbons (Fsp3) is 0.469. The van der Waals surface area contributed by atoms with Crippen LogP contribution in [-0.4, -0.2) is 127 Å². The Morgan fingerprint density at radius 2 is 1.65 bits per heavy atom. The molecule has 3 N–H and O–H groups in total. The molecule has 1 aliphatic carbocycles. The molecule has 0 radical (unpaired) electrons. The van der Waals surface area contributed by atoms with Crippen LogP contribution >= 0.6 is 23.1 Å². The summed E-state index contributed by atoms with van der Waals surface area (Å²) in [6, 6.07) is 17.5. The van der Waals surface area contributed by atoms with Gasteiger partial charge in [-0.15, -0.1) is 0 Å². The molecule has 348 valence electrons. The quantitative estimate of drug-likeness (QED) is 0.0741. The summed E-state index contributed by atoms with van der Waals surface area (Å²) in [5, 5.41) is 9.92. The van der Waals surface area contributed by atoms with Crippen molar-refractivity contribution in [1.82, 2.24) is 35.1 Å². The summed E-state index contributed by atoms with van der Waals surface area (Å²) in [5.74, 6) is 1.76. The summed E-state index contributed by atoms with van der Waals surface area (Å²) in [5.41, 5.74) is 7.34. The van der Waals surface area contributed by atoms with E-state index < -0.39 is 7.14 Å². The van der Waals surface area contributed by atoms with Gasteiger partial charge in [-0.3, -0.25) is 29.8 Å². The monoisotopic (exact) mass is 977 g/mol. The van der Waals surface area contributed by atoms with Crippen molar-refractivity contribution in [3.8, 4) is 5.75 Å². The van der Waals surface area contributed by atoms with Crippen LogP contribution in [0.25, 0.3) is 11.0 Å². The van der Waals surface area contributed by atoms with E-state index in [-0.39, 0.29) is 17.7 Å². The van der Waals surface area contributed by atoms with Gasteiger partial charge in [-0.1, -0.05) is 19.1 Å². The average Bonchev–Trinajstić information content (AvgIpc) is 3.30. The number of piperidine rings is 2. The maximum absolute atomic E-state index is 13.5. The van der Waals surface area contributed by atoms with Crippen LogP contribution in [0.4, 0.5) is 34.5 Å². The van der Waals surface area contributed by atoms with Crippen molar-refractivity contribution in [2.75, 3.05) is 93.7 Å². The van der Waals surface area contributed by atoms with Crippen LogP contribution in [-0.2, 0) is 20.6 Å². The number of aryl methyl sites for hydroxylation is 1. The number of rotatable bonds is 14. The van der Waals surface area contributed by atoms with Gasteiger partial charge in [0.2, 0.25) is 17.8 Å². The Labute approximate surface area is 396 Å². The molecule has 1 unspecified atom stereocenters. The first-order chi connectivity index (χ1) is 31.8. The highest BCUT2D eigenvalue weighted by Crippen LogP contribution is 2.42. The molecule has 66 heavy (non-hydrogen) atoms. The molecule has 2 aromatic heterocycles. The predicted octanol–water partition coefficient (Wildman–Crippen LogP) is 7.51. The second kappa shape index (κ2) is 19.6. The lowest BCUT2D eigenvalue weighted by Crippen LogP contribution is -2.55. The lowest BCUT2D eigenvalue weighted by atomic mass is 9.78. The average molecular weight is 979 g/mol. The Hall–Kier alpha value is -5.15. The molecule has 4 fully saturated rings. The number of carbonyl (C=O) groups excluding carboxylic acids is 2. The molecule has 9 rings (SSSR count). The van der Waals surface area contributed by atoms with E-state index in [9.17, 15) is 14.2 Å². The van der Waals surface area contributed by atoms with Crippen molar-refractivity contribution in [3.63, 3.8) is 0 Å². The Kier molecular flexibility index (Phi) is 13.7. The second-order valence-electron chi connectivity index (χ2n) is 18.7. The van der Waals surface area contributed by atoms with Crippen molar-refractivity contribution in [2.45, 2.75) is 69.9 Å². The summed E-state index contributed by atoms with van der Waals surface area (Å²) < 4.78 is 20.2. The molecule has 17 heteroatoms. The maximum Gasteiger partial charge on any atom is 0.234 e.